The summed E-state index contributed by atoms with van der Waals surface area (Å²) >= 11 is 0. The van der Waals surface area contributed by atoms with Crippen LogP contribution in [0.25, 0.3) is 0 Å². The van der Waals surface area contributed by atoms with E-state index >= 15 is 0 Å². The highest BCUT2D eigenvalue weighted by Crippen LogP contribution is 2.26. The molecule has 1 aliphatic heterocycles. The van der Waals surface area contributed by atoms with Crippen molar-refractivity contribution in [1.82, 2.24) is 15.3 Å². The van der Waals surface area contributed by atoms with E-state index in [0.29, 0.717) is 5.82 Å². The van der Waals surface area contributed by atoms with Gasteiger partial charge in [-0.3, -0.25) is 0 Å². The second-order valence-electron chi connectivity index (χ2n) is 3.22. The Morgan fingerprint density at radius 3 is 2.43 bits per heavy atom. The lowest BCUT2D eigenvalue weighted by atomic mass is 9.92. The number of imidazole rings is 1. The quantitative estimate of drug-likeness (QED) is 0.681. The third kappa shape index (κ3) is 2.60. The van der Waals surface area contributed by atoms with Gasteiger partial charge in [0.2, 0.25) is 0 Å². The summed E-state index contributed by atoms with van der Waals surface area (Å²) in [5, 5.41) is 13.3. The van der Waals surface area contributed by atoms with Gasteiger partial charge in [-0.2, -0.15) is 0 Å². The van der Waals surface area contributed by atoms with Crippen molar-refractivity contribution in [3.8, 4) is 0 Å². The van der Waals surface area contributed by atoms with Gasteiger partial charge in [-0.15, -0.1) is 24.8 Å². The Labute approximate surface area is 95.3 Å². The van der Waals surface area contributed by atoms with Gasteiger partial charge in [-0.05, 0) is 25.9 Å². The molecule has 1 aromatic rings. The molecule has 0 radical (unpaired) electrons. The van der Waals surface area contributed by atoms with E-state index in [-0.39, 0.29) is 24.8 Å². The van der Waals surface area contributed by atoms with Crippen molar-refractivity contribution in [2.45, 2.75) is 18.4 Å². The van der Waals surface area contributed by atoms with E-state index in [1.165, 1.54) is 0 Å². The molecule has 0 amide bonds. The fourth-order valence-corrected chi connectivity index (χ4v) is 1.60. The molecule has 4 nitrogen and oxygen atoms in total. The molecule has 0 aromatic carbocycles. The second kappa shape index (κ2) is 5.56. The number of H-pyrrole nitrogens is 1. The molecule has 3 N–H and O–H groups in total. The Morgan fingerprint density at radius 1 is 1.29 bits per heavy atom. The summed E-state index contributed by atoms with van der Waals surface area (Å²) in [7, 11) is 0. The van der Waals surface area contributed by atoms with Gasteiger partial charge in [0.25, 0.3) is 0 Å². The van der Waals surface area contributed by atoms with Gasteiger partial charge in [0.05, 0.1) is 0 Å². The molecule has 1 aliphatic rings. The first-order valence-corrected chi connectivity index (χ1v) is 4.24. The maximum atomic E-state index is 10.1. The number of nitrogens with one attached hydrogen (secondary N) is 2. The summed E-state index contributed by atoms with van der Waals surface area (Å²) in [6.45, 7) is 1.72. The highest BCUT2D eigenvalue weighted by Gasteiger charge is 2.33. The average Bonchev–Trinajstić information content (AvgIpc) is 2.58. The van der Waals surface area contributed by atoms with Crippen molar-refractivity contribution < 1.29 is 5.11 Å². The highest BCUT2D eigenvalue weighted by atomic mass is 35.5. The molecular weight excluding hydrogens is 225 g/mol. The first-order chi connectivity index (χ1) is 5.81. The summed E-state index contributed by atoms with van der Waals surface area (Å²) in [6, 6.07) is 0. The molecule has 1 fully saturated rings. The molecule has 1 saturated heterocycles. The summed E-state index contributed by atoms with van der Waals surface area (Å²) in [4.78, 5) is 7.04. The molecule has 0 spiro atoms. The molecule has 14 heavy (non-hydrogen) atoms. The molecule has 0 saturated carbocycles. The molecule has 82 valence electrons. The molecule has 0 unspecified atom stereocenters. The number of nitrogens with zero attached hydrogens (tertiary/aromatic N) is 1. The Kier molecular flexibility index (Phi) is 5.44. The van der Waals surface area contributed by atoms with Crippen molar-refractivity contribution in [2.24, 2.45) is 0 Å². The van der Waals surface area contributed by atoms with Crippen molar-refractivity contribution in [1.29, 1.82) is 0 Å². The van der Waals surface area contributed by atoms with Gasteiger partial charge in [0.15, 0.2) is 0 Å². The summed E-state index contributed by atoms with van der Waals surface area (Å²) in [6.07, 6.45) is 4.89. The number of piperidine rings is 1. The van der Waals surface area contributed by atoms with Crippen molar-refractivity contribution in [2.75, 3.05) is 13.1 Å². The summed E-state index contributed by atoms with van der Waals surface area (Å²) in [5.74, 6) is 0.698. The van der Waals surface area contributed by atoms with Crippen molar-refractivity contribution in [3.63, 3.8) is 0 Å². The predicted molar refractivity (Wildman–Crippen MR) is 59.1 cm³/mol. The van der Waals surface area contributed by atoms with Gasteiger partial charge in [0, 0.05) is 12.4 Å². The lowest BCUT2D eigenvalue weighted by molar-refractivity contribution is -0.00174. The number of aromatic nitrogens is 2. The van der Waals surface area contributed by atoms with E-state index in [1.54, 1.807) is 12.4 Å². The highest BCUT2D eigenvalue weighted by molar-refractivity contribution is 5.85. The van der Waals surface area contributed by atoms with Crippen LogP contribution in [0.2, 0.25) is 0 Å². The van der Waals surface area contributed by atoms with Crippen LogP contribution in [0.4, 0.5) is 0 Å². The molecule has 6 heteroatoms. The van der Waals surface area contributed by atoms with Crippen LogP contribution in [0.1, 0.15) is 18.7 Å². The third-order valence-corrected chi connectivity index (χ3v) is 2.37. The van der Waals surface area contributed by atoms with E-state index in [0.717, 1.165) is 25.9 Å². The molecule has 2 rings (SSSR count). The van der Waals surface area contributed by atoms with Crippen LogP contribution in [0.15, 0.2) is 12.4 Å². The zero-order valence-corrected chi connectivity index (χ0v) is 9.33. The third-order valence-electron chi connectivity index (χ3n) is 2.37. The molecule has 1 aromatic heterocycles. The van der Waals surface area contributed by atoms with Gasteiger partial charge >= 0.3 is 0 Å². The maximum Gasteiger partial charge on any atom is 0.138 e. The minimum atomic E-state index is -0.727. The molecule has 0 aliphatic carbocycles. The lowest BCUT2D eigenvalue weighted by Gasteiger charge is -2.30. The number of aliphatic hydroxyl groups is 1. The average molecular weight is 240 g/mol. The standard InChI is InChI=1S/C8H13N3O.2ClH/c12-8(1-3-9-4-2-8)7-10-5-6-11-7;;/h5-6,9,12H,1-4H2,(H,10,11);2*1H. The van der Waals surface area contributed by atoms with Gasteiger partial charge < -0.3 is 15.4 Å². The molecule has 0 atom stereocenters. The van der Waals surface area contributed by atoms with Gasteiger partial charge in [0.1, 0.15) is 11.4 Å². The van der Waals surface area contributed by atoms with Crippen LogP contribution < -0.4 is 5.32 Å². The van der Waals surface area contributed by atoms with Gasteiger partial charge in [-0.1, -0.05) is 0 Å². The number of rotatable bonds is 1. The first kappa shape index (κ1) is 13.7. The maximum absolute atomic E-state index is 10.1. The normalized spacial score (nSPS) is 19.2. The van der Waals surface area contributed by atoms with E-state index < -0.39 is 5.60 Å². The zero-order chi connectivity index (χ0) is 8.44. The van der Waals surface area contributed by atoms with E-state index in [9.17, 15) is 5.11 Å². The summed E-state index contributed by atoms with van der Waals surface area (Å²) in [5.41, 5.74) is -0.727. The van der Waals surface area contributed by atoms with Crippen LogP contribution >= 0.6 is 24.8 Å². The minimum Gasteiger partial charge on any atom is -0.382 e. The Morgan fingerprint density at radius 2 is 1.93 bits per heavy atom. The number of aromatic amines is 1. The molecule has 2 heterocycles. The van der Waals surface area contributed by atoms with Gasteiger partial charge in [-0.25, -0.2) is 4.98 Å². The molecule has 0 bridgehead atoms. The van der Waals surface area contributed by atoms with E-state index in [4.69, 9.17) is 0 Å². The fraction of sp³-hybridized carbons (Fsp3) is 0.625. The minimum absolute atomic E-state index is 0. The van der Waals surface area contributed by atoms with Crippen molar-refractivity contribution in [3.05, 3.63) is 18.2 Å². The number of hydrogen-bond donors (Lipinski definition) is 3. The predicted octanol–water partition coefficient (Wildman–Crippen LogP) is 0.824. The van der Waals surface area contributed by atoms with E-state index in [1.807, 2.05) is 0 Å². The number of hydrogen-bond acceptors (Lipinski definition) is 3. The van der Waals surface area contributed by atoms with Crippen LogP contribution in [0.5, 0.6) is 0 Å². The fourth-order valence-electron chi connectivity index (χ4n) is 1.60. The first-order valence-electron chi connectivity index (χ1n) is 4.24. The van der Waals surface area contributed by atoms with Crippen molar-refractivity contribution >= 4 is 24.8 Å². The Balaban J connectivity index is 0.000000845. The topological polar surface area (TPSA) is 60.9 Å². The van der Waals surface area contributed by atoms with Crippen LogP contribution in [-0.4, -0.2) is 28.2 Å². The lowest BCUT2D eigenvalue weighted by Crippen LogP contribution is -2.40. The smallest absolute Gasteiger partial charge is 0.138 e. The molecular formula is C8H15Cl2N3O. The monoisotopic (exact) mass is 239 g/mol. The van der Waals surface area contributed by atoms with Crippen LogP contribution in [0.3, 0.4) is 0 Å². The zero-order valence-electron chi connectivity index (χ0n) is 7.69. The van der Waals surface area contributed by atoms with E-state index in [2.05, 4.69) is 15.3 Å². The number of halogens is 2. The Hall–Kier alpha value is -0.290. The summed E-state index contributed by atoms with van der Waals surface area (Å²) < 4.78 is 0. The van der Waals surface area contributed by atoms with Crippen LogP contribution in [0, 0.1) is 0 Å². The van der Waals surface area contributed by atoms with Crippen LogP contribution in [-0.2, 0) is 5.60 Å². The Bertz CT molecular complexity index is 247. The second-order valence-corrected chi connectivity index (χ2v) is 3.22. The largest absolute Gasteiger partial charge is 0.382 e. The SMILES string of the molecule is Cl.Cl.OC1(c2ncc[nH]2)CCNCC1.